The Morgan fingerprint density at radius 2 is 2.18 bits per heavy atom. The predicted octanol–water partition coefficient (Wildman–Crippen LogP) is 3.03. The zero-order chi connectivity index (χ0) is 15.5. The second kappa shape index (κ2) is 6.15. The molecule has 0 aromatic carbocycles. The summed E-state index contributed by atoms with van der Waals surface area (Å²) in [6.07, 6.45) is 3.59. The maximum absolute atomic E-state index is 12.0. The number of fused-ring (bicyclic) bond motifs is 1. The molecule has 0 spiro atoms. The summed E-state index contributed by atoms with van der Waals surface area (Å²) in [6.45, 7) is 4.39. The van der Waals surface area contributed by atoms with Crippen molar-refractivity contribution in [2.24, 2.45) is 0 Å². The van der Waals surface area contributed by atoms with Crippen LogP contribution in [0.3, 0.4) is 0 Å². The average Bonchev–Trinajstić information content (AvgIpc) is 3.13. The number of carbonyl (C=O) groups is 1. The molecule has 0 radical (unpaired) electrons. The second-order valence-corrected chi connectivity index (χ2v) is 5.42. The maximum atomic E-state index is 12.0. The van der Waals surface area contributed by atoms with Crippen molar-refractivity contribution >= 4 is 22.8 Å². The lowest BCUT2D eigenvalue weighted by Gasteiger charge is -2.01. The monoisotopic (exact) mass is 317 g/mol. The molecule has 0 aliphatic heterocycles. The van der Waals surface area contributed by atoms with Gasteiger partial charge in [-0.15, -0.1) is 11.3 Å². The summed E-state index contributed by atoms with van der Waals surface area (Å²) < 4.78 is 12.3. The Morgan fingerprint density at radius 3 is 2.95 bits per heavy atom. The Balaban J connectivity index is 2.02. The summed E-state index contributed by atoms with van der Waals surface area (Å²) in [5.41, 5.74) is 1.87. The van der Waals surface area contributed by atoms with Gasteiger partial charge >= 0.3 is 5.97 Å². The Hall–Kier alpha value is -2.41. The summed E-state index contributed by atoms with van der Waals surface area (Å²) >= 11 is 1.27. The van der Waals surface area contributed by atoms with Crippen LogP contribution in [0.25, 0.3) is 16.1 Å². The zero-order valence-corrected chi connectivity index (χ0v) is 13.1. The number of carbonyl (C=O) groups excluding carboxylic acids is 1. The van der Waals surface area contributed by atoms with E-state index in [0.717, 1.165) is 16.1 Å². The molecule has 0 atom stereocenters. The third-order valence-corrected chi connectivity index (χ3v) is 4.05. The molecule has 6 nitrogen and oxygen atoms in total. The first-order chi connectivity index (χ1) is 10.7. The molecule has 3 rings (SSSR count). The van der Waals surface area contributed by atoms with Gasteiger partial charge in [0.15, 0.2) is 4.88 Å². The number of esters is 1. The average molecular weight is 317 g/mol. The lowest BCUT2D eigenvalue weighted by atomic mass is 10.2. The van der Waals surface area contributed by atoms with Crippen LogP contribution >= 0.6 is 11.3 Å². The highest BCUT2D eigenvalue weighted by Crippen LogP contribution is 2.33. The minimum atomic E-state index is -0.403. The summed E-state index contributed by atoms with van der Waals surface area (Å²) in [4.78, 5) is 16.8. The quantitative estimate of drug-likeness (QED) is 0.677. The molecule has 0 fully saturated rings. The van der Waals surface area contributed by atoms with Crippen LogP contribution in [0.1, 0.15) is 23.5 Å². The van der Waals surface area contributed by atoms with E-state index in [-0.39, 0.29) is 0 Å². The highest BCUT2D eigenvalue weighted by Gasteiger charge is 2.21. The number of nitrogens with zero attached hydrogens (tertiary/aromatic N) is 3. The standard InChI is InChI=1S/C15H15N3O3S/c1-3-20-13-12(15(19)21-4-2)22-14(17-13)10-6-8-18-11(9-10)5-7-16-18/h5-9H,3-4H2,1-2H3. The number of aromatic nitrogens is 3. The van der Waals surface area contributed by atoms with Gasteiger partial charge in [-0.1, -0.05) is 0 Å². The minimum Gasteiger partial charge on any atom is -0.477 e. The van der Waals surface area contributed by atoms with Crippen molar-refractivity contribution in [2.75, 3.05) is 13.2 Å². The smallest absolute Gasteiger partial charge is 0.354 e. The number of hydrogen-bond acceptors (Lipinski definition) is 6. The van der Waals surface area contributed by atoms with E-state index in [0.29, 0.717) is 24.0 Å². The maximum Gasteiger partial charge on any atom is 0.354 e. The Bertz CT molecular complexity index is 809. The zero-order valence-electron chi connectivity index (χ0n) is 12.3. The summed E-state index contributed by atoms with van der Waals surface area (Å²) in [7, 11) is 0. The fourth-order valence-corrected chi connectivity index (χ4v) is 2.95. The minimum absolute atomic E-state index is 0.319. The highest BCUT2D eigenvalue weighted by molar-refractivity contribution is 7.17. The molecule has 0 aliphatic rings. The van der Waals surface area contributed by atoms with Crippen LogP contribution in [-0.4, -0.2) is 33.8 Å². The van der Waals surface area contributed by atoms with Gasteiger partial charge in [0.25, 0.3) is 0 Å². The Kier molecular flexibility index (Phi) is 4.06. The van der Waals surface area contributed by atoms with Crippen molar-refractivity contribution in [3.05, 3.63) is 35.5 Å². The molecule has 0 saturated heterocycles. The molecule has 0 amide bonds. The molecule has 114 valence electrons. The normalized spacial score (nSPS) is 10.8. The van der Waals surface area contributed by atoms with E-state index in [1.807, 2.05) is 31.3 Å². The van der Waals surface area contributed by atoms with Crippen LogP contribution in [0.15, 0.2) is 30.6 Å². The summed E-state index contributed by atoms with van der Waals surface area (Å²) in [5.74, 6) is -0.0746. The fraction of sp³-hybridized carbons (Fsp3) is 0.267. The van der Waals surface area contributed by atoms with E-state index in [1.54, 1.807) is 17.6 Å². The van der Waals surface area contributed by atoms with Crippen LogP contribution in [-0.2, 0) is 4.74 Å². The Labute approximate surface area is 131 Å². The van der Waals surface area contributed by atoms with Gasteiger partial charge in [-0.3, -0.25) is 0 Å². The van der Waals surface area contributed by atoms with Crippen molar-refractivity contribution in [1.82, 2.24) is 14.6 Å². The van der Waals surface area contributed by atoms with Gasteiger partial charge < -0.3 is 9.47 Å². The van der Waals surface area contributed by atoms with Gasteiger partial charge in [-0.2, -0.15) is 5.10 Å². The Morgan fingerprint density at radius 1 is 1.32 bits per heavy atom. The molecule has 3 heterocycles. The topological polar surface area (TPSA) is 65.7 Å². The van der Waals surface area contributed by atoms with Gasteiger partial charge in [0.1, 0.15) is 5.01 Å². The number of rotatable bonds is 5. The molecule has 0 N–H and O–H groups in total. The number of pyridine rings is 1. The first-order valence-corrected chi connectivity index (χ1v) is 7.79. The molecule has 22 heavy (non-hydrogen) atoms. The van der Waals surface area contributed by atoms with Crippen LogP contribution in [0.5, 0.6) is 5.88 Å². The van der Waals surface area contributed by atoms with E-state index >= 15 is 0 Å². The lowest BCUT2D eigenvalue weighted by molar-refractivity contribution is 0.0527. The van der Waals surface area contributed by atoms with Gasteiger partial charge in [0.05, 0.1) is 18.7 Å². The third-order valence-electron chi connectivity index (χ3n) is 2.98. The largest absolute Gasteiger partial charge is 0.477 e. The molecule has 0 aliphatic carbocycles. The van der Waals surface area contributed by atoms with Crippen molar-refractivity contribution < 1.29 is 14.3 Å². The molecular formula is C15H15N3O3S. The van der Waals surface area contributed by atoms with Crippen molar-refractivity contribution in [3.8, 4) is 16.5 Å². The van der Waals surface area contributed by atoms with Crippen LogP contribution < -0.4 is 4.74 Å². The van der Waals surface area contributed by atoms with E-state index in [4.69, 9.17) is 9.47 Å². The van der Waals surface area contributed by atoms with E-state index in [1.165, 1.54) is 11.3 Å². The molecule has 0 bridgehead atoms. The SMILES string of the molecule is CCOC(=O)c1sc(-c2ccn3nccc3c2)nc1OCC. The molecule has 3 aromatic rings. The molecule has 7 heteroatoms. The van der Waals surface area contributed by atoms with Gasteiger partial charge in [-0.05, 0) is 32.0 Å². The van der Waals surface area contributed by atoms with Gasteiger partial charge in [0, 0.05) is 18.0 Å². The fourth-order valence-electron chi connectivity index (χ4n) is 2.04. The number of hydrogen-bond donors (Lipinski definition) is 0. The predicted molar refractivity (Wildman–Crippen MR) is 83.4 cm³/mol. The van der Waals surface area contributed by atoms with E-state index in [9.17, 15) is 4.79 Å². The van der Waals surface area contributed by atoms with E-state index < -0.39 is 5.97 Å². The van der Waals surface area contributed by atoms with E-state index in [2.05, 4.69) is 10.1 Å². The number of ether oxygens (including phenoxy) is 2. The first-order valence-electron chi connectivity index (χ1n) is 6.97. The van der Waals surface area contributed by atoms with Crippen molar-refractivity contribution in [3.63, 3.8) is 0 Å². The lowest BCUT2D eigenvalue weighted by Crippen LogP contribution is -2.05. The van der Waals surface area contributed by atoms with Crippen LogP contribution in [0.4, 0.5) is 0 Å². The van der Waals surface area contributed by atoms with Crippen molar-refractivity contribution in [1.29, 1.82) is 0 Å². The van der Waals surface area contributed by atoms with Crippen LogP contribution in [0, 0.1) is 0 Å². The third kappa shape index (κ3) is 2.67. The molecular weight excluding hydrogens is 302 g/mol. The van der Waals surface area contributed by atoms with Gasteiger partial charge in [-0.25, -0.2) is 14.3 Å². The van der Waals surface area contributed by atoms with Crippen LogP contribution in [0.2, 0.25) is 0 Å². The number of thiazole rings is 1. The second-order valence-electron chi connectivity index (χ2n) is 4.42. The molecule has 0 unspecified atom stereocenters. The van der Waals surface area contributed by atoms with Gasteiger partial charge in [0.2, 0.25) is 5.88 Å². The van der Waals surface area contributed by atoms with Crippen molar-refractivity contribution in [2.45, 2.75) is 13.8 Å². The molecule has 0 saturated carbocycles. The summed E-state index contributed by atoms with van der Waals surface area (Å²) in [5, 5.41) is 4.88. The summed E-state index contributed by atoms with van der Waals surface area (Å²) in [6, 6.07) is 5.78. The highest BCUT2D eigenvalue weighted by atomic mass is 32.1. The molecule has 3 aromatic heterocycles. The first kappa shape index (κ1) is 14.5.